The van der Waals surface area contributed by atoms with E-state index in [1.807, 2.05) is 0 Å². The number of aliphatic hydroxyl groups is 2. The number of hydrogen-bond donors (Lipinski definition) is 2. The van der Waals surface area contributed by atoms with Gasteiger partial charge in [-0.25, -0.2) is 14.2 Å². The monoisotopic (exact) mass is 448 g/mol. The zero-order chi connectivity index (χ0) is 22.3. The quantitative estimate of drug-likeness (QED) is 0.225. The van der Waals surface area contributed by atoms with Crippen molar-refractivity contribution in [3.63, 3.8) is 0 Å². The lowest BCUT2D eigenvalue weighted by atomic mass is 10.5. The second-order valence-corrected chi connectivity index (χ2v) is 4.63. The summed E-state index contributed by atoms with van der Waals surface area (Å²) in [5, 5.41) is 16.5. The predicted octanol–water partition coefficient (Wildman–Crippen LogP) is 1.98. The van der Waals surface area contributed by atoms with Crippen LogP contribution in [0.15, 0.2) is 0 Å². The number of aliphatic hydroxyl groups excluding tert-OH is 2. The molecule has 0 aliphatic heterocycles. The molecule has 0 radical (unpaired) electrons. The third-order valence-electron chi connectivity index (χ3n) is 2.14. The first-order valence-electron chi connectivity index (χ1n) is 6.86. The summed E-state index contributed by atoms with van der Waals surface area (Å²) in [5.41, 5.74) is 0. The van der Waals surface area contributed by atoms with Gasteiger partial charge in [0.1, 0.15) is 13.2 Å². The van der Waals surface area contributed by atoms with E-state index in [0.29, 0.717) is 0 Å². The zero-order valence-electron chi connectivity index (χ0n) is 13.5. The van der Waals surface area contributed by atoms with Crippen molar-refractivity contribution in [2.45, 2.75) is 30.7 Å². The second-order valence-electron chi connectivity index (χ2n) is 4.63. The highest BCUT2D eigenvalue weighted by molar-refractivity contribution is 4.71. The largest absolute Gasteiger partial charge is 0.495 e. The molecule has 0 atom stereocenters. The van der Waals surface area contributed by atoms with Gasteiger partial charge in [0.15, 0.2) is 0 Å². The Morgan fingerprint density at radius 2 is 0.893 bits per heavy atom. The molecule has 0 rings (SSSR count). The number of halogens is 10. The summed E-state index contributed by atoms with van der Waals surface area (Å²) in [6, 6.07) is 0. The smallest absolute Gasteiger partial charge is 0.394 e. The molecule has 0 fully saturated rings. The molecule has 28 heavy (non-hydrogen) atoms. The van der Waals surface area contributed by atoms with Crippen LogP contribution < -0.4 is 0 Å². The molecule has 0 saturated heterocycles. The van der Waals surface area contributed by atoms with E-state index in [2.05, 4.69) is 23.7 Å². The molecule has 2 N–H and O–H groups in total. The van der Waals surface area contributed by atoms with Crippen LogP contribution >= 0.6 is 0 Å². The van der Waals surface area contributed by atoms with Crippen molar-refractivity contribution in [1.82, 2.24) is 0 Å². The van der Waals surface area contributed by atoms with Crippen LogP contribution in [0.1, 0.15) is 0 Å². The molecule has 170 valence electrons. The first-order chi connectivity index (χ1) is 12.5. The van der Waals surface area contributed by atoms with Gasteiger partial charge in [0, 0.05) is 0 Å². The molecular formula is C11H14F10O7. The lowest BCUT2D eigenvalue weighted by molar-refractivity contribution is -0.566. The third-order valence-corrected chi connectivity index (χ3v) is 2.14. The number of rotatable bonds is 15. The van der Waals surface area contributed by atoms with Crippen molar-refractivity contribution in [1.29, 1.82) is 0 Å². The van der Waals surface area contributed by atoms with Gasteiger partial charge < -0.3 is 19.7 Å². The molecule has 0 spiro atoms. The highest BCUT2D eigenvalue weighted by Crippen LogP contribution is 2.44. The second kappa shape index (κ2) is 10.2. The lowest BCUT2D eigenvalue weighted by Gasteiger charge is -2.31. The maximum atomic E-state index is 13.1. The van der Waals surface area contributed by atoms with E-state index < -0.39 is 70.4 Å². The van der Waals surface area contributed by atoms with Crippen molar-refractivity contribution in [3.8, 4) is 0 Å². The van der Waals surface area contributed by atoms with Crippen LogP contribution in [0.4, 0.5) is 43.9 Å². The van der Waals surface area contributed by atoms with E-state index in [4.69, 9.17) is 10.2 Å². The summed E-state index contributed by atoms with van der Waals surface area (Å²) in [4.78, 5) is 0. The molecular weight excluding hydrogens is 434 g/mol. The van der Waals surface area contributed by atoms with Crippen LogP contribution in [0, 0.1) is 0 Å². The zero-order valence-corrected chi connectivity index (χ0v) is 13.5. The standard InChI is InChI=1S/C11H14F10O7/c12-7(13,5-24-3-1-22)26-9(16,17)10(18,19)28-11(20,21)27-8(14,15)6-25-4-2-23/h22-23H,1-6H2. The summed E-state index contributed by atoms with van der Waals surface area (Å²) in [6.45, 7) is -7.44. The van der Waals surface area contributed by atoms with Crippen LogP contribution in [-0.2, 0) is 23.7 Å². The van der Waals surface area contributed by atoms with Crippen LogP contribution in [-0.4, -0.2) is 80.6 Å². The van der Waals surface area contributed by atoms with Crippen molar-refractivity contribution < 1.29 is 77.8 Å². The first-order valence-corrected chi connectivity index (χ1v) is 6.86. The van der Waals surface area contributed by atoms with Crippen molar-refractivity contribution in [2.24, 2.45) is 0 Å². The van der Waals surface area contributed by atoms with Gasteiger partial charge >= 0.3 is 30.7 Å². The SMILES string of the molecule is OCCOCC(F)(F)OC(F)(F)OC(F)(F)C(F)(F)OC(F)(F)COCCO. The molecule has 7 nitrogen and oxygen atoms in total. The van der Waals surface area contributed by atoms with Gasteiger partial charge in [-0.05, 0) is 0 Å². The van der Waals surface area contributed by atoms with Crippen molar-refractivity contribution in [3.05, 3.63) is 0 Å². The average Bonchev–Trinajstić information content (AvgIpc) is 2.43. The number of ether oxygens (including phenoxy) is 5. The van der Waals surface area contributed by atoms with Gasteiger partial charge in [0.25, 0.3) is 0 Å². The van der Waals surface area contributed by atoms with Gasteiger partial charge in [0.2, 0.25) is 0 Å². The Balaban J connectivity index is 5.04. The first kappa shape index (κ1) is 27.0. The Morgan fingerprint density at radius 1 is 0.536 bits per heavy atom. The molecule has 0 aliphatic rings. The Labute approximate surface area is 149 Å². The van der Waals surface area contributed by atoms with E-state index in [1.54, 1.807) is 0 Å². The molecule has 17 heteroatoms. The molecule has 0 aromatic heterocycles. The van der Waals surface area contributed by atoms with Crippen LogP contribution in [0.25, 0.3) is 0 Å². The highest BCUT2D eigenvalue weighted by Gasteiger charge is 2.68. The van der Waals surface area contributed by atoms with Crippen molar-refractivity contribution >= 4 is 0 Å². The van der Waals surface area contributed by atoms with Gasteiger partial charge in [-0.2, -0.15) is 35.1 Å². The molecule has 0 aromatic carbocycles. The fourth-order valence-electron chi connectivity index (χ4n) is 1.22. The van der Waals surface area contributed by atoms with Crippen LogP contribution in [0.5, 0.6) is 0 Å². The Morgan fingerprint density at radius 3 is 1.29 bits per heavy atom. The fraction of sp³-hybridized carbons (Fsp3) is 1.00. The molecule has 0 saturated carbocycles. The fourth-order valence-corrected chi connectivity index (χ4v) is 1.22. The lowest BCUT2D eigenvalue weighted by Crippen LogP contribution is -2.54. The van der Waals surface area contributed by atoms with Crippen molar-refractivity contribution in [2.75, 3.05) is 39.6 Å². The van der Waals surface area contributed by atoms with Gasteiger partial charge in [-0.3, -0.25) is 0 Å². The number of hydrogen-bond acceptors (Lipinski definition) is 7. The Hall–Kier alpha value is -0.980. The topological polar surface area (TPSA) is 86.6 Å². The maximum Gasteiger partial charge on any atom is 0.495 e. The summed E-state index contributed by atoms with van der Waals surface area (Å²) in [6.07, 6.45) is -29.4. The summed E-state index contributed by atoms with van der Waals surface area (Å²) in [7, 11) is 0. The maximum absolute atomic E-state index is 13.1. The average molecular weight is 448 g/mol. The Bertz CT molecular complexity index is 463. The summed E-state index contributed by atoms with van der Waals surface area (Å²) >= 11 is 0. The molecule has 0 aliphatic carbocycles. The van der Waals surface area contributed by atoms with Gasteiger partial charge in [0.05, 0.1) is 26.4 Å². The Kier molecular flexibility index (Phi) is 9.81. The minimum atomic E-state index is -6.58. The molecule has 0 amide bonds. The normalized spacial score (nSPS) is 14.6. The van der Waals surface area contributed by atoms with Gasteiger partial charge in [-0.1, -0.05) is 0 Å². The predicted molar refractivity (Wildman–Crippen MR) is 63.8 cm³/mol. The van der Waals surface area contributed by atoms with E-state index >= 15 is 0 Å². The molecule has 0 aromatic rings. The van der Waals surface area contributed by atoms with E-state index in [1.165, 1.54) is 0 Å². The van der Waals surface area contributed by atoms with E-state index in [-0.39, 0.29) is 0 Å². The molecule has 0 heterocycles. The van der Waals surface area contributed by atoms with Crippen LogP contribution in [0.2, 0.25) is 0 Å². The summed E-state index contributed by atoms with van der Waals surface area (Å²) in [5.74, 6) is 0. The summed E-state index contributed by atoms with van der Waals surface area (Å²) < 4.78 is 145. The van der Waals surface area contributed by atoms with Gasteiger partial charge in [-0.15, -0.1) is 8.78 Å². The third kappa shape index (κ3) is 9.99. The molecule has 0 bridgehead atoms. The molecule has 0 unspecified atom stereocenters. The highest BCUT2D eigenvalue weighted by atomic mass is 19.3. The minimum Gasteiger partial charge on any atom is -0.394 e. The van der Waals surface area contributed by atoms with E-state index in [9.17, 15) is 43.9 Å². The number of alkyl halides is 10. The minimum absolute atomic E-state index is 0.805. The van der Waals surface area contributed by atoms with Crippen LogP contribution in [0.3, 0.4) is 0 Å². The van der Waals surface area contributed by atoms with E-state index in [0.717, 1.165) is 0 Å².